The van der Waals surface area contributed by atoms with Crippen molar-refractivity contribution in [2.75, 3.05) is 26.9 Å². The molecule has 5 nitrogen and oxygen atoms in total. The Kier molecular flexibility index (Phi) is 4.51. The van der Waals surface area contributed by atoms with Gasteiger partial charge in [-0.3, -0.25) is 9.59 Å². The molecule has 2 rings (SSSR count). The number of ketones is 1. The van der Waals surface area contributed by atoms with E-state index in [0.29, 0.717) is 32.3 Å². The first-order valence-electron chi connectivity index (χ1n) is 6.66. The minimum atomic E-state index is -0.188. The molecule has 0 aliphatic rings. The van der Waals surface area contributed by atoms with Crippen LogP contribution < -0.4 is 10.5 Å². The average molecular weight is 318 g/mol. The van der Waals surface area contributed by atoms with Crippen LogP contribution >= 0.6 is 11.3 Å². The summed E-state index contributed by atoms with van der Waals surface area (Å²) in [5, 5.41) is 0.364. The van der Waals surface area contributed by atoms with E-state index in [2.05, 4.69) is 0 Å². The average Bonchev–Trinajstić information content (AvgIpc) is 2.80. The normalized spacial score (nSPS) is 10.4. The maximum atomic E-state index is 12.7. The number of ether oxygens (including phenoxy) is 1. The van der Waals surface area contributed by atoms with E-state index < -0.39 is 0 Å². The monoisotopic (exact) mass is 318 g/mol. The summed E-state index contributed by atoms with van der Waals surface area (Å²) in [6.07, 6.45) is 0. The Morgan fingerprint density at radius 1 is 1.18 bits per heavy atom. The number of benzene rings is 1. The quantitative estimate of drug-likeness (QED) is 0.879. The second-order valence-corrected chi connectivity index (χ2v) is 6.10. The van der Waals surface area contributed by atoms with E-state index in [1.54, 1.807) is 52.4 Å². The van der Waals surface area contributed by atoms with E-state index in [0.717, 1.165) is 11.3 Å². The van der Waals surface area contributed by atoms with E-state index in [-0.39, 0.29) is 11.7 Å². The highest BCUT2D eigenvalue weighted by atomic mass is 32.1. The summed E-state index contributed by atoms with van der Waals surface area (Å²) in [6.45, 7) is 1.75. The predicted octanol–water partition coefficient (Wildman–Crippen LogP) is 2.58. The molecule has 0 saturated heterocycles. The van der Waals surface area contributed by atoms with Crippen molar-refractivity contribution in [3.05, 3.63) is 45.8 Å². The zero-order valence-electron chi connectivity index (χ0n) is 13.0. The van der Waals surface area contributed by atoms with Gasteiger partial charge in [0, 0.05) is 19.7 Å². The van der Waals surface area contributed by atoms with Crippen LogP contribution in [0.15, 0.2) is 24.3 Å². The molecule has 1 aromatic heterocycles. The van der Waals surface area contributed by atoms with Crippen LogP contribution in [0.2, 0.25) is 0 Å². The van der Waals surface area contributed by atoms with Crippen LogP contribution in [-0.2, 0) is 0 Å². The highest BCUT2D eigenvalue weighted by Gasteiger charge is 2.24. The molecule has 0 unspecified atom stereocenters. The summed E-state index contributed by atoms with van der Waals surface area (Å²) in [4.78, 5) is 26.8. The molecule has 2 aromatic rings. The van der Waals surface area contributed by atoms with Crippen LogP contribution in [0.1, 0.15) is 31.2 Å². The Bertz CT molecular complexity index is 718. The number of thiophene rings is 1. The van der Waals surface area contributed by atoms with Crippen molar-refractivity contribution in [1.82, 2.24) is 4.90 Å². The highest BCUT2D eigenvalue weighted by molar-refractivity contribution is 7.18. The molecular weight excluding hydrogens is 300 g/mol. The topological polar surface area (TPSA) is 72.6 Å². The molecule has 1 aromatic carbocycles. The van der Waals surface area contributed by atoms with Gasteiger partial charge < -0.3 is 15.4 Å². The van der Waals surface area contributed by atoms with E-state index >= 15 is 0 Å². The van der Waals surface area contributed by atoms with Gasteiger partial charge in [0.25, 0.3) is 5.91 Å². The SMILES string of the molecule is COc1ccc(C(=O)c2c(N)sc(C(=O)N(C)C)c2C)cc1. The van der Waals surface area contributed by atoms with Crippen LogP contribution in [0.25, 0.3) is 0 Å². The molecule has 0 aliphatic heterocycles. The van der Waals surface area contributed by atoms with E-state index in [1.165, 1.54) is 4.90 Å². The maximum Gasteiger partial charge on any atom is 0.263 e. The van der Waals surface area contributed by atoms with Gasteiger partial charge in [0.05, 0.1) is 22.6 Å². The van der Waals surface area contributed by atoms with Gasteiger partial charge in [-0.15, -0.1) is 11.3 Å². The van der Waals surface area contributed by atoms with Crippen LogP contribution in [0.4, 0.5) is 5.00 Å². The minimum absolute atomic E-state index is 0.150. The smallest absolute Gasteiger partial charge is 0.263 e. The van der Waals surface area contributed by atoms with Gasteiger partial charge in [-0.2, -0.15) is 0 Å². The third kappa shape index (κ3) is 2.82. The third-order valence-electron chi connectivity index (χ3n) is 3.35. The summed E-state index contributed by atoms with van der Waals surface area (Å²) in [5.74, 6) is 0.338. The molecule has 6 heteroatoms. The maximum absolute atomic E-state index is 12.7. The molecular formula is C16H18N2O3S. The van der Waals surface area contributed by atoms with Gasteiger partial charge >= 0.3 is 0 Å². The second kappa shape index (κ2) is 6.19. The number of rotatable bonds is 4. The number of hydrogen-bond acceptors (Lipinski definition) is 5. The zero-order valence-corrected chi connectivity index (χ0v) is 13.8. The van der Waals surface area contributed by atoms with Gasteiger partial charge in [0.2, 0.25) is 0 Å². The second-order valence-electron chi connectivity index (χ2n) is 5.05. The van der Waals surface area contributed by atoms with E-state index in [9.17, 15) is 9.59 Å². The summed E-state index contributed by atoms with van der Waals surface area (Å²) in [7, 11) is 4.91. The minimum Gasteiger partial charge on any atom is -0.497 e. The number of anilines is 1. The van der Waals surface area contributed by atoms with Crippen LogP contribution in [0, 0.1) is 6.92 Å². The van der Waals surface area contributed by atoms with Crippen molar-refractivity contribution in [1.29, 1.82) is 0 Å². The van der Waals surface area contributed by atoms with E-state index in [1.807, 2.05) is 0 Å². The largest absolute Gasteiger partial charge is 0.497 e. The van der Waals surface area contributed by atoms with Crippen LogP contribution in [-0.4, -0.2) is 37.8 Å². The first kappa shape index (κ1) is 16.0. The summed E-state index contributed by atoms with van der Waals surface area (Å²) in [5.41, 5.74) is 7.52. The first-order chi connectivity index (χ1) is 10.4. The number of nitrogens with zero attached hydrogens (tertiary/aromatic N) is 1. The number of carbonyl (C=O) groups excluding carboxylic acids is 2. The summed E-state index contributed by atoms with van der Waals surface area (Å²) < 4.78 is 5.08. The van der Waals surface area contributed by atoms with Crippen molar-refractivity contribution >= 4 is 28.0 Å². The Balaban J connectivity index is 2.43. The fourth-order valence-electron chi connectivity index (χ4n) is 2.11. The standard InChI is InChI=1S/C16H18N2O3S/c1-9-12(15(17)22-14(9)16(20)18(2)3)13(19)10-5-7-11(21-4)8-6-10/h5-8H,17H2,1-4H3. The molecule has 0 fully saturated rings. The zero-order chi connectivity index (χ0) is 16.4. The van der Waals surface area contributed by atoms with Crippen molar-refractivity contribution in [2.45, 2.75) is 6.92 Å². The van der Waals surface area contributed by atoms with Crippen molar-refractivity contribution in [2.24, 2.45) is 0 Å². The van der Waals surface area contributed by atoms with Gasteiger partial charge in [0.15, 0.2) is 5.78 Å². The number of amides is 1. The van der Waals surface area contributed by atoms with Crippen molar-refractivity contribution in [3.8, 4) is 5.75 Å². The lowest BCUT2D eigenvalue weighted by Gasteiger charge is -2.09. The fourth-order valence-corrected chi connectivity index (χ4v) is 3.20. The van der Waals surface area contributed by atoms with Gasteiger partial charge in [0.1, 0.15) is 5.75 Å². The lowest BCUT2D eigenvalue weighted by Crippen LogP contribution is -2.21. The molecule has 0 atom stereocenters. The molecule has 116 valence electrons. The number of methoxy groups -OCH3 is 1. The van der Waals surface area contributed by atoms with Crippen molar-refractivity contribution < 1.29 is 14.3 Å². The highest BCUT2D eigenvalue weighted by Crippen LogP contribution is 2.33. The lowest BCUT2D eigenvalue weighted by atomic mass is 10.0. The Morgan fingerprint density at radius 2 is 1.77 bits per heavy atom. The molecule has 0 saturated carbocycles. The number of nitrogens with two attached hydrogens (primary N) is 1. The summed E-state index contributed by atoms with van der Waals surface area (Å²) >= 11 is 1.15. The number of carbonyl (C=O) groups is 2. The third-order valence-corrected chi connectivity index (χ3v) is 4.46. The summed E-state index contributed by atoms with van der Waals surface area (Å²) in [6, 6.07) is 6.81. The molecule has 0 radical (unpaired) electrons. The van der Waals surface area contributed by atoms with E-state index in [4.69, 9.17) is 10.5 Å². The Hall–Kier alpha value is -2.34. The van der Waals surface area contributed by atoms with Gasteiger partial charge in [-0.05, 0) is 36.8 Å². The molecule has 22 heavy (non-hydrogen) atoms. The molecule has 1 amide bonds. The lowest BCUT2D eigenvalue weighted by molar-refractivity contribution is 0.0831. The van der Waals surface area contributed by atoms with Gasteiger partial charge in [-0.25, -0.2) is 0 Å². The number of nitrogen functional groups attached to an aromatic ring is 1. The molecule has 1 heterocycles. The van der Waals surface area contributed by atoms with Crippen molar-refractivity contribution in [3.63, 3.8) is 0 Å². The molecule has 0 aliphatic carbocycles. The Labute approximate surface area is 133 Å². The van der Waals surface area contributed by atoms with Crippen LogP contribution in [0.5, 0.6) is 5.75 Å². The first-order valence-corrected chi connectivity index (χ1v) is 7.47. The van der Waals surface area contributed by atoms with Crippen LogP contribution in [0.3, 0.4) is 0 Å². The fraction of sp³-hybridized carbons (Fsp3) is 0.250. The number of hydrogen-bond donors (Lipinski definition) is 1. The molecule has 0 spiro atoms. The van der Waals surface area contributed by atoms with Gasteiger partial charge in [-0.1, -0.05) is 0 Å². The molecule has 2 N–H and O–H groups in total. The Morgan fingerprint density at radius 3 is 2.27 bits per heavy atom. The predicted molar refractivity (Wildman–Crippen MR) is 87.9 cm³/mol. The molecule has 0 bridgehead atoms.